The Hall–Kier alpha value is -2.11. The molecule has 5 atom stereocenters. The third-order valence-electron chi connectivity index (χ3n) is 6.18. The van der Waals surface area contributed by atoms with Crippen LogP contribution in [0.15, 0.2) is 24.3 Å². The molecule has 0 aromatic heterocycles. The molecule has 0 bridgehead atoms. The minimum Gasteiger partial charge on any atom is -0.406 e. The van der Waals surface area contributed by atoms with E-state index >= 15 is 0 Å². The van der Waals surface area contributed by atoms with Crippen molar-refractivity contribution >= 4 is 28.9 Å². The van der Waals surface area contributed by atoms with Crippen molar-refractivity contribution in [3.63, 3.8) is 0 Å². The van der Waals surface area contributed by atoms with Gasteiger partial charge >= 0.3 is 6.36 Å². The van der Waals surface area contributed by atoms with Crippen LogP contribution in [0, 0.1) is 5.92 Å². The Morgan fingerprint density at radius 2 is 1.77 bits per heavy atom. The highest BCUT2D eigenvalue weighted by atomic mass is 32.1. The van der Waals surface area contributed by atoms with Gasteiger partial charge in [-0.2, -0.15) is 0 Å². The summed E-state index contributed by atoms with van der Waals surface area (Å²) in [6.45, 7) is 1.29. The number of aliphatic hydroxyl groups excluding tert-OH is 2. The van der Waals surface area contributed by atoms with Crippen LogP contribution in [0.2, 0.25) is 0 Å². The van der Waals surface area contributed by atoms with Crippen LogP contribution in [0.5, 0.6) is 5.75 Å². The molecule has 5 unspecified atom stereocenters. The number of fused-ring (bicyclic) bond motifs is 1. The molecule has 1 amide bonds. The fourth-order valence-electron chi connectivity index (χ4n) is 4.78. The zero-order valence-electron chi connectivity index (χ0n) is 16.6. The quantitative estimate of drug-likeness (QED) is 0.594. The van der Waals surface area contributed by atoms with Crippen molar-refractivity contribution in [3.8, 4) is 5.75 Å². The molecule has 31 heavy (non-hydrogen) atoms. The fourth-order valence-corrected chi connectivity index (χ4v) is 5.15. The third kappa shape index (κ3) is 4.44. The maximum absolute atomic E-state index is 13.3. The van der Waals surface area contributed by atoms with Crippen LogP contribution in [0.25, 0.3) is 0 Å². The molecule has 4 rings (SSSR count). The summed E-state index contributed by atoms with van der Waals surface area (Å²) < 4.78 is 41.3. The zero-order valence-corrected chi connectivity index (χ0v) is 17.4. The Morgan fingerprint density at radius 3 is 2.39 bits per heavy atom. The summed E-state index contributed by atoms with van der Waals surface area (Å²) in [6, 6.07) is 3.95. The van der Waals surface area contributed by atoms with E-state index < -0.39 is 36.6 Å². The topological polar surface area (TPSA) is 85.3 Å². The number of aliphatic hydroxyl groups is 2. The SMILES string of the molecule is O=C(C1CC(O)C(O)C2NC(=S)N(c3ccc(OC(F)(F)F)cc3)C12)N1CCCCC1. The van der Waals surface area contributed by atoms with Gasteiger partial charge in [0.25, 0.3) is 0 Å². The number of hydrogen-bond donors (Lipinski definition) is 3. The molecule has 2 saturated heterocycles. The highest BCUT2D eigenvalue weighted by molar-refractivity contribution is 7.80. The number of likely N-dealkylation sites (tertiary alicyclic amines) is 1. The number of carbonyl (C=O) groups excluding carboxylic acids is 1. The number of hydrogen-bond acceptors (Lipinski definition) is 5. The molecule has 3 aliphatic rings. The number of nitrogens with one attached hydrogen (secondary N) is 1. The van der Waals surface area contributed by atoms with Crippen molar-refractivity contribution in [1.82, 2.24) is 10.2 Å². The molecule has 7 nitrogen and oxygen atoms in total. The minimum absolute atomic E-state index is 0.0771. The number of amides is 1. The molecule has 3 fully saturated rings. The molecule has 0 radical (unpaired) electrons. The van der Waals surface area contributed by atoms with Crippen LogP contribution in [0.4, 0.5) is 18.9 Å². The van der Waals surface area contributed by atoms with Gasteiger partial charge in [0.15, 0.2) is 5.11 Å². The largest absolute Gasteiger partial charge is 0.573 e. The van der Waals surface area contributed by atoms with E-state index in [1.54, 1.807) is 9.80 Å². The number of nitrogens with zero attached hydrogens (tertiary/aromatic N) is 2. The van der Waals surface area contributed by atoms with E-state index in [1.165, 1.54) is 24.3 Å². The fraction of sp³-hybridized carbons (Fsp3) is 0.600. The van der Waals surface area contributed by atoms with Crippen molar-refractivity contribution in [1.29, 1.82) is 0 Å². The summed E-state index contributed by atoms with van der Waals surface area (Å²) in [6.07, 6.45) is -4.05. The van der Waals surface area contributed by atoms with Crippen LogP contribution < -0.4 is 15.0 Å². The predicted molar refractivity (Wildman–Crippen MR) is 109 cm³/mol. The van der Waals surface area contributed by atoms with Crippen molar-refractivity contribution in [2.45, 2.75) is 56.3 Å². The number of halogens is 3. The molecule has 170 valence electrons. The Labute approximate surface area is 182 Å². The molecule has 11 heteroatoms. The summed E-state index contributed by atoms with van der Waals surface area (Å²) >= 11 is 5.43. The van der Waals surface area contributed by atoms with Gasteiger partial charge in [0.05, 0.1) is 24.1 Å². The van der Waals surface area contributed by atoms with E-state index in [9.17, 15) is 28.2 Å². The number of benzene rings is 1. The molecule has 0 spiro atoms. The Balaban J connectivity index is 1.63. The minimum atomic E-state index is -4.80. The molecule has 1 aromatic carbocycles. The third-order valence-corrected chi connectivity index (χ3v) is 6.49. The van der Waals surface area contributed by atoms with Gasteiger partial charge in [-0.3, -0.25) is 4.79 Å². The first-order valence-corrected chi connectivity index (χ1v) is 10.7. The molecular formula is C20H24F3N3O4S. The second kappa shape index (κ2) is 8.44. The molecule has 1 saturated carbocycles. The number of anilines is 1. The van der Waals surface area contributed by atoms with Crippen molar-refractivity contribution in [3.05, 3.63) is 24.3 Å². The molecule has 2 aliphatic heterocycles. The average molecular weight is 459 g/mol. The first-order chi connectivity index (χ1) is 14.7. The van der Waals surface area contributed by atoms with E-state index in [4.69, 9.17) is 12.2 Å². The molecule has 2 heterocycles. The number of piperidine rings is 1. The summed E-state index contributed by atoms with van der Waals surface area (Å²) in [5.41, 5.74) is 0.472. The molecular weight excluding hydrogens is 435 g/mol. The highest BCUT2D eigenvalue weighted by Gasteiger charge is 2.54. The number of ether oxygens (including phenoxy) is 1. The number of rotatable bonds is 3. The highest BCUT2D eigenvalue weighted by Crippen LogP contribution is 2.38. The van der Waals surface area contributed by atoms with Crippen LogP contribution in [-0.4, -0.2) is 69.9 Å². The van der Waals surface area contributed by atoms with Gasteiger partial charge in [0, 0.05) is 18.8 Å². The van der Waals surface area contributed by atoms with Gasteiger partial charge < -0.3 is 30.1 Å². The summed E-state index contributed by atoms with van der Waals surface area (Å²) in [7, 11) is 0. The second-order valence-corrected chi connectivity index (χ2v) is 8.55. The van der Waals surface area contributed by atoms with E-state index in [2.05, 4.69) is 10.1 Å². The smallest absolute Gasteiger partial charge is 0.406 e. The van der Waals surface area contributed by atoms with E-state index in [0.717, 1.165) is 19.3 Å². The van der Waals surface area contributed by atoms with Crippen LogP contribution in [0.1, 0.15) is 25.7 Å². The number of carbonyl (C=O) groups is 1. The van der Waals surface area contributed by atoms with Crippen molar-refractivity contribution in [2.24, 2.45) is 5.92 Å². The van der Waals surface area contributed by atoms with E-state index in [1.807, 2.05) is 0 Å². The lowest BCUT2D eigenvalue weighted by molar-refractivity contribution is -0.274. The van der Waals surface area contributed by atoms with Crippen molar-refractivity contribution < 1.29 is 32.9 Å². The van der Waals surface area contributed by atoms with E-state index in [-0.39, 0.29) is 23.2 Å². The average Bonchev–Trinajstić information content (AvgIpc) is 3.07. The summed E-state index contributed by atoms with van der Waals surface area (Å²) in [4.78, 5) is 16.8. The Morgan fingerprint density at radius 1 is 1.13 bits per heavy atom. The standard InChI is InChI=1S/C20H24F3N3O4S/c21-20(22,23)30-12-6-4-11(5-7-12)26-16-13(18(29)25-8-2-1-3-9-25)10-14(27)17(28)15(16)24-19(26)31/h4-7,13-17,27-28H,1-3,8-10H2,(H,24,31). The maximum atomic E-state index is 13.3. The predicted octanol–water partition coefficient (Wildman–Crippen LogP) is 1.77. The maximum Gasteiger partial charge on any atom is 0.573 e. The molecule has 1 aliphatic carbocycles. The lowest BCUT2D eigenvalue weighted by atomic mass is 9.76. The monoisotopic (exact) mass is 459 g/mol. The zero-order chi connectivity index (χ0) is 22.3. The number of thiocarbonyl (C=S) groups is 1. The first-order valence-electron chi connectivity index (χ1n) is 10.3. The van der Waals surface area contributed by atoms with Gasteiger partial charge in [-0.15, -0.1) is 13.2 Å². The van der Waals surface area contributed by atoms with Crippen LogP contribution in [0.3, 0.4) is 0 Å². The van der Waals surface area contributed by atoms with Crippen LogP contribution >= 0.6 is 12.2 Å². The summed E-state index contributed by atoms with van der Waals surface area (Å²) in [5, 5.41) is 24.2. The van der Waals surface area contributed by atoms with Gasteiger partial charge in [-0.05, 0) is 62.2 Å². The lowest BCUT2D eigenvalue weighted by Crippen LogP contribution is -2.61. The Kier molecular flexibility index (Phi) is 6.01. The van der Waals surface area contributed by atoms with Crippen molar-refractivity contribution in [2.75, 3.05) is 18.0 Å². The van der Waals surface area contributed by atoms with Crippen LogP contribution in [-0.2, 0) is 4.79 Å². The molecule has 3 N–H and O–H groups in total. The Bertz CT molecular complexity index is 832. The first kappa shape index (κ1) is 22.1. The van der Waals surface area contributed by atoms with Gasteiger partial charge in [-0.25, -0.2) is 0 Å². The van der Waals surface area contributed by atoms with Gasteiger partial charge in [0.2, 0.25) is 5.91 Å². The van der Waals surface area contributed by atoms with Gasteiger partial charge in [-0.1, -0.05) is 0 Å². The number of alkyl halides is 3. The summed E-state index contributed by atoms with van der Waals surface area (Å²) in [5.74, 6) is -1.10. The molecule has 1 aromatic rings. The lowest BCUT2D eigenvalue weighted by Gasteiger charge is -2.43. The normalized spacial score (nSPS) is 31.3. The van der Waals surface area contributed by atoms with Gasteiger partial charge in [0.1, 0.15) is 11.9 Å². The van der Waals surface area contributed by atoms with E-state index in [0.29, 0.717) is 18.8 Å². The second-order valence-electron chi connectivity index (χ2n) is 8.16.